The van der Waals surface area contributed by atoms with Crippen molar-refractivity contribution in [3.8, 4) is 55.6 Å². The summed E-state index contributed by atoms with van der Waals surface area (Å²) < 4.78 is 0. The average Bonchev–Trinajstić information content (AvgIpc) is 1.78. The van der Waals surface area contributed by atoms with Crippen LogP contribution < -0.4 is 9.80 Å². The molecule has 0 aromatic heterocycles. The summed E-state index contributed by atoms with van der Waals surface area (Å²) in [5, 5.41) is 0. The highest BCUT2D eigenvalue weighted by molar-refractivity contribution is 5.91. The number of nitrogens with zero attached hydrogens (tertiary/aromatic N) is 2. The second kappa shape index (κ2) is 21.5. The Morgan fingerprint density at radius 1 is 0.225 bits per heavy atom. The van der Waals surface area contributed by atoms with Gasteiger partial charge < -0.3 is 9.80 Å². The lowest BCUT2D eigenvalue weighted by atomic mass is 9.81. The molecule has 3 aliphatic carbocycles. The topological polar surface area (TPSA) is 6.48 Å². The first-order chi connectivity index (χ1) is 43.1. The zero-order chi connectivity index (χ0) is 60.8. The zero-order valence-corrected chi connectivity index (χ0v) is 52.1. The van der Waals surface area contributed by atoms with E-state index in [4.69, 9.17) is 0 Å². The molecule has 0 unspecified atom stereocenters. The smallest absolute Gasteiger partial charge is 0.0465 e. The predicted molar refractivity (Wildman–Crippen MR) is 380 cm³/mol. The minimum atomic E-state index is -0.197. The molecule has 0 saturated carbocycles. The lowest BCUT2D eigenvalue weighted by Crippen LogP contribution is -2.16. The molecule has 0 heterocycles. The first-order valence-electron chi connectivity index (χ1n) is 31.4. The molecule has 15 rings (SSSR count). The monoisotopic (exact) mass is 1140 g/mol. The third-order valence-corrected chi connectivity index (χ3v) is 19.5. The fourth-order valence-corrected chi connectivity index (χ4v) is 14.6. The van der Waals surface area contributed by atoms with Crippen LogP contribution in [0.3, 0.4) is 0 Å². The van der Waals surface area contributed by atoms with Gasteiger partial charge in [0.05, 0.1) is 0 Å². The van der Waals surface area contributed by atoms with E-state index in [1.54, 1.807) is 0 Å². The van der Waals surface area contributed by atoms with E-state index >= 15 is 0 Å². The minimum Gasteiger partial charge on any atom is -0.310 e. The van der Waals surface area contributed by atoms with Crippen LogP contribution in [0, 0.1) is 13.8 Å². The summed E-state index contributed by atoms with van der Waals surface area (Å²) >= 11 is 0. The Morgan fingerprint density at radius 2 is 0.483 bits per heavy atom. The second-order valence-electron chi connectivity index (χ2n) is 26.4. The second-order valence-corrected chi connectivity index (χ2v) is 26.4. The van der Waals surface area contributed by atoms with Gasteiger partial charge >= 0.3 is 0 Å². The van der Waals surface area contributed by atoms with E-state index in [0.29, 0.717) is 0 Å². The molecule has 89 heavy (non-hydrogen) atoms. The standard InChI is InChI=1S/C87H72N2/c1-57-17-15-23-69(49-57)88(67-37-33-65(34-38-67)63-19-11-9-12-20-63)71-41-47-77-75-45-31-61(53-81(75)86(5,6)83(77)55-71)27-25-59-29-43-73-74-44-30-60(52-80(74)85(3,4)79(73)51-59)26-28-62-32-46-76-78-48-42-72(56-84(78)87(7,8)82(76)54-62)89(70-24-16-18-58(2)50-70)68-39-35-66(36-40-68)64-21-13-10-14-22-64/h9-56H,1-8H3/b27-25+,28-26+. The molecule has 0 saturated heterocycles. The molecular formula is C87H72N2. The molecular weight excluding hydrogens is 1070 g/mol. The van der Waals surface area contributed by atoms with E-state index in [1.165, 1.54) is 122 Å². The maximum Gasteiger partial charge on any atom is 0.0465 e. The summed E-state index contributed by atoms with van der Waals surface area (Å²) in [6.45, 7) is 18.7. The summed E-state index contributed by atoms with van der Waals surface area (Å²) in [6, 6.07) is 99.2. The van der Waals surface area contributed by atoms with Gasteiger partial charge in [-0.05, 0) is 209 Å². The molecule has 0 atom stereocenters. The van der Waals surface area contributed by atoms with Crippen LogP contribution in [0.1, 0.15) is 108 Å². The molecule has 0 aliphatic heterocycles. The molecule has 430 valence electrons. The van der Waals surface area contributed by atoms with Crippen LogP contribution >= 0.6 is 0 Å². The van der Waals surface area contributed by atoms with Crippen LogP contribution in [0.15, 0.2) is 267 Å². The predicted octanol–water partition coefficient (Wildman–Crippen LogP) is 23.8. The molecule has 0 spiro atoms. The van der Waals surface area contributed by atoms with Crippen LogP contribution in [-0.4, -0.2) is 0 Å². The molecule has 0 amide bonds. The van der Waals surface area contributed by atoms with Crippen molar-refractivity contribution in [2.24, 2.45) is 0 Å². The van der Waals surface area contributed by atoms with Crippen LogP contribution in [0.25, 0.3) is 79.9 Å². The van der Waals surface area contributed by atoms with Crippen molar-refractivity contribution >= 4 is 58.4 Å². The quantitative estimate of drug-likeness (QED) is 0.113. The number of hydrogen-bond donors (Lipinski definition) is 0. The Hall–Kier alpha value is -10.3. The van der Waals surface area contributed by atoms with Gasteiger partial charge in [0.1, 0.15) is 0 Å². The molecule has 0 radical (unpaired) electrons. The molecule has 0 N–H and O–H groups in total. The Balaban J connectivity index is 0.656. The van der Waals surface area contributed by atoms with E-state index in [2.05, 4.69) is 356 Å². The lowest BCUT2D eigenvalue weighted by molar-refractivity contribution is 0.660. The Kier molecular flexibility index (Phi) is 13.4. The van der Waals surface area contributed by atoms with Crippen LogP contribution in [0.4, 0.5) is 34.1 Å². The van der Waals surface area contributed by atoms with Gasteiger partial charge in [0, 0.05) is 50.4 Å². The summed E-state index contributed by atoms with van der Waals surface area (Å²) in [5.74, 6) is 0. The van der Waals surface area contributed by atoms with Crippen molar-refractivity contribution in [2.45, 2.75) is 71.6 Å². The van der Waals surface area contributed by atoms with Gasteiger partial charge in [0.15, 0.2) is 0 Å². The number of benzene rings is 12. The molecule has 12 aromatic rings. The third-order valence-electron chi connectivity index (χ3n) is 19.5. The molecule has 0 bridgehead atoms. The number of fused-ring (bicyclic) bond motifs is 9. The first kappa shape index (κ1) is 55.3. The van der Waals surface area contributed by atoms with E-state index in [0.717, 1.165) is 34.1 Å². The molecule has 12 aromatic carbocycles. The van der Waals surface area contributed by atoms with Crippen molar-refractivity contribution in [1.82, 2.24) is 0 Å². The van der Waals surface area contributed by atoms with E-state index in [9.17, 15) is 0 Å². The summed E-state index contributed by atoms with van der Waals surface area (Å²) in [7, 11) is 0. The van der Waals surface area contributed by atoms with Gasteiger partial charge in [-0.25, -0.2) is 0 Å². The SMILES string of the molecule is Cc1cccc(N(c2ccc(-c3ccccc3)cc2)c2ccc3c(c2)C(C)(C)c2cc(/C=C/c4ccc5c(c4)C(C)(C)c4cc(/C=C/c6ccc7c(c6)C(C)(C)c6cc(N(c8ccc(-c9ccccc9)cc8)c8cccc(C)c8)ccc6-7)ccc4-5)ccc2-3)c1. The summed E-state index contributed by atoms with van der Waals surface area (Å²) in [5.41, 5.74) is 34.5. The Bertz CT molecular complexity index is 4500. The van der Waals surface area contributed by atoms with Gasteiger partial charge in [-0.2, -0.15) is 0 Å². The van der Waals surface area contributed by atoms with Gasteiger partial charge in [0.25, 0.3) is 0 Å². The highest BCUT2D eigenvalue weighted by Gasteiger charge is 2.39. The van der Waals surface area contributed by atoms with E-state index in [-0.39, 0.29) is 16.2 Å². The highest BCUT2D eigenvalue weighted by Crippen LogP contribution is 2.54. The Morgan fingerprint density at radius 3 is 0.787 bits per heavy atom. The number of rotatable bonds is 12. The van der Waals surface area contributed by atoms with Gasteiger partial charge in [-0.1, -0.05) is 260 Å². The van der Waals surface area contributed by atoms with Crippen LogP contribution in [0.2, 0.25) is 0 Å². The third kappa shape index (κ3) is 9.76. The van der Waals surface area contributed by atoms with Crippen molar-refractivity contribution < 1.29 is 0 Å². The van der Waals surface area contributed by atoms with Crippen molar-refractivity contribution in [3.63, 3.8) is 0 Å². The average molecular weight is 1150 g/mol. The number of anilines is 6. The molecule has 2 nitrogen and oxygen atoms in total. The summed E-state index contributed by atoms with van der Waals surface area (Å²) in [6.07, 6.45) is 9.19. The Labute approximate surface area is 526 Å². The van der Waals surface area contributed by atoms with E-state index in [1.807, 2.05) is 0 Å². The van der Waals surface area contributed by atoms with Crippen molar-refractivity contribution in [1.29, 1.82) is 0 Å². The fourth-order valence-electron chi connectivity index (χ4n) is 14.6. The summed E-state index contributed by atoms with van der Waals surface area (Å²) in [4.78, 5) is 4.81. The van der Waals surface area contributed by atoms with Gasteiger partial charge in [-0.3, -0.25) is 0 Å². The van der Waals surface area contributed by atoms with Crippen molar-refractivity contribution in [2.75, 3.05) is 9.80 Å². The fraction of sp³-hybridized carbons (Fsp3) is 0.126. The molecule has 2 heteroatoms. The van der Waals surface area contributed by atoms with Crippen LogP contribution in [0.5, 0.6) is 0 Å². The normalized spacial score (nSPS) is 14.2. The number of hydrogen-bond acceptors (Lipinski definition) is 2. The lowest BCUT2D eigenvalue weighted by Gasteiger charge is -2.28. The highest BCUT2D eigenvalue weighted by atomic mass is 15.1. The van der Waals surface area contributed by atoms with Gasteiger partial charge in [-0.15, -0.1) is 0 Å². The minimum absolute atomic E-state index is 0.163. The molecule has 3 aliphatic rings. The number of aryl methyl sites for hydroxylation is 2. The maximum absolute atomic E-state index is 2.43. The maximum atomic E-state index is 2.43. The van der Waals surface area contributed by atoms with Gasteiger partial charge in [0.2, 0.25) is 0 Å². The van der Waals surface area contributed by atoms with E-state index < -0.39 is 0 Å². The van der Waals surface area contributed by atoms with Crippen LogP contribution in [-0.2, 0) is 16.2 Å². The van der Waals surface area contributed by atoms with Crippen molar-refractivity contribution in [3.05, 3.63) is 334 Å². The molecule has 0 fully saturated rings. The zero-order valence-electron chi connectivity index (χ0n) is 52.1. The largest absolute Gasteiger partial charge is 0.310 e. The first-order valence-corrected chi connectivity index (χ1v) is 31.4.